The van der Waals surface area contributed by atoms with Crippen molar-refractivity contribution in [1.82, 2.24) is 0 Å². The van der Waals surface area contributed by atoms with Crippen LogP contribution >= 0.6 is 11.6 Å². The van der Waals surface area contributed by atoms with Crippen molar-refractivity contribution in [2.45, 2.75) is 6.10 Å². The number of aliphatic hydroxyl groups is 2. The second-order valence-electron chi connectivity index (χ2n) is 2.58. The van der Waals surface area contributed by atoms with E-state index in [4.69, 9.17) is 26.6 Å². The first-order valence-electron chi connectivity index (χ1n) is 3.90. The summed E-state index contributed by atoms with van der Waals surface area (Å²) in [5, 5.41) is 18.0. The standard InChI is InChI=1S/C9H11ClO3/c10-8-3-1-2-4-9(8)13-6-7(12)5-11/h1-4,7,11-12H,5-6H2. The Bertz CT molecular complexity index is 265. The largest absolute Gasteiger partial charge is 0.489 e. The Morgan fingerprint density at radius 2 is 2.08 bits per heavy atom. The third-order valence-corrected chi connectivity index (χ3v) is 1.79. The van der Waals surface area contributed by atoms with E-state index in [0.29, 0.717) is 10.8 Å². The maximum Gasteiger partial charge on any atom is 0.138 e. The average molecular weight is 203 g/mol. The van der Waals surface area contributed by atoms with E-state index in [1.807, 2.05) is 0 Å². The molecule has 1 atom stereocenters. The lowest BCUT2D eigenvalue weighted by Gasteiger charge is -2.10. The minimum atomic E-state index is -0.865. The molecule has 3 nitrogen and oxygen atoms in total. The van der Waals surface area contributed by atoms with Crippen molar-refractivity contribution in [1.29, 1.82) is 0 Å². The van der Waals surface area contributed by atoms with Crippen LogP contribution in [-0.4, -0.2) is 29.5 Å². The summed E-state index contributed by atoms with van der Waals surface area (Å²) in [5.41, 5.74) is 0. The van der Waals surface area contributed by atoms with Crippen molar-refractivity contribution < 1.29 is 14.9 Å². The maximum absolute atomic E-state index is 8.99. The molecule has 0 radical (unpaired) electrons. The first-order valence-corrected chi connectivity index (χ1v) is 4.28. The molecule has 72 valence electrons. The molecule has 0 spiro atoms. The van der Waals surface area contributed by atoms with Gasteiger partial charge >= 0.3 is 0 Å². The van der Waals surface area contributed by atoms with E-state index in [1.165, 1.54) is 0 Å². The van der Waals surface area contributed by atoms with Crippen LogP contribution in [0.5, 0.6) is 5.75 Å². The van der Waals surface area contributed by atoms with Crippen molar-refractivity contribution in [3.63, 3.8) is 0 Å². The van der Waals surface area contributed by atoms with Crippen LogP contribution < -0.4 is 4.74 Å². The topological polar surface area (TPSA) is 49.7 Å². The average Bonchev–Trinajstić information content (AvgIpc) is 2.16. The summed E-state index contributed by atoms with van der Waals surface area (Å²) in [4.78, 5) is 0. The zero-order valence-corrected chi connectivity index (χ0v) is 7.74. The summed E-state index contributed by atoms with van der Waals surface area (Å²) in [6.45, 7) is -0.273. The van der Waals surface area contributed by atoms with Crippen LogP contribution in [0.3, 0.4) is 0 Å². The van der Waals surface area contributed by atoms with Crippen molar-refractivity contribution >= 4 is 11.6 Å². The number of benzene rings is 1. The van der Waals surface area contributed by atoms with Gasteiger partial charge in [-0.05, 0) is 12.1 Å². The van der Waals surface area contributed by atoms with Crippen LogP contribution in [0.4, 0.5) is 0 Å². The van der Waals surface area contributed by atoms with Gasteiger partial charge in [0.1, 0.15) is 18.5 Å². The number of halogens is 1. The Morgan fingerprint density at radius 3 is 2.69 bits per heavy atom. The zero-order chi connectivity index (χ0) is 9.68. The van der Waals surface area contributed by atoms with E-state index in [9.17, 15) is 0 Å². The fraction of sp³-hybridized carbons (Fsp3) is 0.333. The van der Waals surface area contributed by atoms with Crippen molar-refractivity contribution in [3.8, 4) is 5.75 Å². The molecule has 0 aliphatic carbocycles. The predicted octanol–water partition coefficient (Wildman–Crippen LogP) is 1.07. The first-order chi connectivity index (χ1) is 6.24. The van der Waals surface area contributed by atoms with Gasteiger partial charge in [-0.1, -0.05) is 23.7 Å². The molecule has 1 unspecified atom stereocenters. The summed E-state index contributed by atoms with van der Waals surface area (Å²) in [5.74, 6) is 0.511. The van der Waals surface area contributed by atoms with Crippen LogP contribution in [0.25, 0.3) is 0 Å². The molecule has 4 heteroatoms. The molecule has 0 heterocycles. The monoisotopic (exact) mass is 202 g/mol. The minimum Gasteiger partial charge on any atom is -0.489 e. The van der Waals surface area contributed by atoms with Crippen molar-refractivity contribution in [2.75, 3.05) is 13.2 Å². The van der Waals surface area contributed by atoms with Crippen molar-refractivity contribution in [2.24, 2.45) is 0 Å². The molecule has 0 bridgehead atoms. The highest BCUT2D eigenvalue weighted by Crippen LogP contribution is 2.22. The van der Waals surface area contributed by atoms with Gasteiger partial charge < -0.3 is 14.9 Å². The van der Waals surface area contributed by atoms with E-state index >= 15 is 0 Å². The number of ether oxygens (including phenoxy) is 1. The highest BCUT2D eigenvalue weighted by Gasteiger charge is 2.04. The molecule has 1 rings (SSSR count). The van der Waals surface area contributed by atoms with E-state index in [1.54, 1.807) is 24.3 Å². The molecule has 1 aromatic carbocycles. The molecular weight excluding hydrogens is 192 g/mol. The number of rotatable bonds is 4. The predicted molar refractivity (Wildman–Crippen MR) is 50.0 cm³/mol. The molecule has 0 saturated carbocycles. The van der Waals surface area contributed by atoms with Gasteiger partial charge in [0.05, 0.1) is 11.6 Å². The molecule has 0 aliphatic rings. The smallest absolute Gasteiger partial charge is 0.138 e. The molecule has 2 N–H and O–H groups in total. The number of para-hydroxylation sites is 1. The van der Waals surface area contributed by atoms with Gasteiger partial charge in [0.2, 0.25) is 0 Å². The molecule has 0 amide bonds. The van der Waals surface area contributed by atoms with Crippen LogP contribution in [0.1, 0.15) is 0 Å². The maximum atomic E-state index is 8.99. The SMILES string of the molecule is OCC(O)COc1ccccc1Cl. The Hall–Kier alpha value is -0.770. The molecule has 1 aromatic rings. The molecular formula is C9H11ClO3. The van der Waals surface area contributed by atoms with E-state index < -0.39 is 6.10 Å². The van der Waals surface area contributed by atoms with Gasteiger partial charge in [0.15, 0.2) is 0 Å². The lowest BCUT2D eigenvalue weighted by Crippen LogP contribution is -2.21. The second-order valence-corrected chi connectivity index (χ2v) is 2.99. The van der Waals surface area contributed by atoms with E-state index in [0.717, 1.165) is 0 Å². The lowest BCUT2D eigenvalue weighted by atomic mass is 10.3. The van der Waals surface area contributed by atoms with Gasteiger partial charge in [-0.2, -0.15) is 0 Å². The van der Waals surface area contributed by atoms with Crippen LogP contribution in [0, 0.1) is 0 Å². The quantitative estimate of drug-likeness (QED) is 0.768. The van der Waals surface area contributed by atoms with Crippen LogP contribution in [-0.2, 0) is 0 Å². The number of hydrogen-bond acceptors (Lipinski definition) is 3. The highest BCUT2D eigenvalue weighted by atomic mass is 35.5. The summed E-state index contributed by atoms with van der Waals surface area (Å²) in [6, 6.07) is 6.97. The fourth-order valence-corrected chi connectivity index (χ4v) is 0.991. The van der Waals surface area contributed by atoms with Crippen LogP contribution in [0.2, 0.25) is 5.02 Å². The van der Waals surface area contributed by atoms with E-state index in [-0.39, 0.29) is 13.2 Å². The van der Waals surface area contributed by atoms with Gasteiger partial charge in [-0.15, -0.1) is 0 Å². The van der Waals surface area contributed by atoms with Crippen molar-refractivity contribution in [3.05, 3.63) is 29.3 Å². The number of hydrogen-bond donors (Lipinski definition) is 2. The highest BCUT2D eigenvalue weighted by molar-refractivity contribution is 6.32. The Labute approximate surface area is 81.5 Å². The third kappa shape index (κ3) is 3.22. The fourth-order valence-electron chi connectivity index (χ4n) is 0.800. The summed E-state index contributed by atoms with van der Waals surface area (Å²) in [6.07, 6.45) is -0.865. The van der Waals surface area contributed by atoms with Gasteiger partial charge in [0.25, 0.3) is 0 Å². The lowest BCUT2D eigenvalue weighted by molar-refractivity contribution is 0.0536. The molecule has 0 fully saturated rings. The van der Waals surface area contributed by atoms with Gasteiger partial charge in [0, 0.05) is 0 Å². The number of aliphatic hydroxyl groups excluding tert-OH is 2. The third-order valence-electron chi connectivity index (χ3n) is 1.48. The molecule has 0 aromatic heterocycles. The van der Waals surface area contributed by atoms with Crippen LogP contribution in [0.15, 0.2) is 24.3 Å². The normalized spacial score (nSPS) is 12.5. The summed E-state index contributed by atoms with van der Waals surface area (Å²) in [7, 11) is 0. The molecule has 13 heavy (non-hydrogen) atoms. The molecule has 0 saturated heterocycles. The van der Waals surface area contributed by atoms with Gasteiger partial charge in [-0.25, -0.2) is 0 Å². The minimum absolute atomic E-state index is 0.0419. The summed E-state index contributed by atoms with van der Waals surface area (Å²) < 4.78 is 5.15. The van der Waals surface area contributed by atoms with E-state index in [2.05, 4.69) is 0 Å². The molecule has 0 aliphatic heterocycles. The Morgan fingerprint density at radius 1 is 1.38 bits per heavy atom. The Kier molecular flexibility index (Phi) is 4.02. The summed E-state index contributed by atoms with van der Waals surface area (Å²) >= 11 is 5.78. The Balaban J connectivity index is 2.50. The van der Waals surface area contributed by atoms with Gasteiger partial charge in [-0.3, -0.25) is 0 Å². The zero-order valence-electron chi connectivity index (χ0n) is 6.98. The second kappa shape index (κ2) is 5.07. The first kappa shape index (κ1) is 10.3.